The van der Waals surface area contributed by atoms with E-state index in [-0.39, 0.29) is 11.3 Å². The summed E-state index contributed by atoms with van der Waals surface area (Å²) in [7, 11) is 0. The number of hydrogen-bond acceptors (Lipinski definition) is 2. The van der Waals surface area contributed by atoms with Gasteiger partial charge in [-0.25, -0.2) is 0 Å². The summed E-state index contributed by atoms with van der Waals surface area (Å²) in [5.74, 6) is 0.103. The maximum Gasteiger partial charge on any atom is 0.315 e. The monoisotopic (exact) mass is 337 g/mol. The predicted octanol–water partition coefficient (Wildman–Crippen LogP) is 3.64. The summed E-state index contributed by atoms with van der Waals surface area (Å²) in [6.45, 7) is 0. The lowest BCUT2D eigenvalue weighted by molar-refractivity contribution is -0.592. The van der Waals surface area contributed by atoms with Gasteiger partial charge in [0.05, 0.1) is 16.2 Å². The van der Waals surface area contributed by atoms with Crippen LogP contribution in [0.25, 0.3) is 43.4 Å². The first-order valence-electron chi connectivity index (χ1n) is 8.48. The topological polar surface area (TPSA) is 45.8 Å². The minimum absolute atomic E-state index is 0.103. The van der Waals surface area contributed by atoms with Crippen molar-refractivity contribution in [2.75, 3.05) is 0 Å². The van der Waals surface area contributed by atoms with E-state index in [0.29, 0.717) is 5.39 Å². The first kappa shape index (κ1) is 13.6. The smallest absolute Gasteiger partial charge is 0.315 e. The van der Waals surface area contributed by atoms with Gasteiger partial charge in [-0.05, 0) is 35.0 Å². The van der Waals surface area contributed by atoms with Gasteiger partial charge in [0.25, 0.3) is 0 Å². The Kier molecular flexibility index (Phi) is 2.35. The van der Waals surface area contributed by atoms with Crippen LogP contribution >= 0.6 is 0 Å². The molecule has 0 radical (unpaired) electrons. The number of phenolic OH excluding ortho intramolecular Hbond substituents is 1. The molecule has 0 aliphatic heterocycles. The van der Waals surface area contributed by atoms with Crippen LogP contribution in [0.5, 0.6) is 5.75 Å². The van der Waals surface area contributed by atoms with Crippen molar-refractivity contribution in [3.8, 4) is 5.75 Å². The molecule has 122 valence electrons. The second kappa shape index (κ2) is 4.49. The molecule has 2 aromatic heterocycles. The highest BCUT2D eigenvalue weighted by Gasteiger charge is 2.21. The molecule has 0 aliphatic rings. The first-order valence-corrected chi connectivity index (χ1v) is 8.48. The number of aromatic hydroxyl groups is 1. The summed E-state index contributed by atoms with van der Waals surface area (Å²) in [5, 5.41) is 15.6. The zero-order valence-corrected chi connectivity index (χ0v) is 13.7. The number of rotatable bonds is 0. The van der Waals surface area contributed by atoms with Gasteiger partial charge in [0.1, 0.15) is 11.3 Å². The van der Waals surface area contributed by atoms with E-state index < -0.39 is 0 Å². The van der Waals surface area contributed by atoms with Crippen LogP contribution in [0, 0.1) is 0 Å². The Hall–Kier alpha value is -3.66. The number of benzene rings is 4. The molecule has 0 saturated heterocycles. The van der Waals surface area contributed by atoms with Crippen LogP contribution in [0.1, 0.15) is 0 Å². The van der Waals surface area contributed by atoms with Gasteiger partial charge in [-0.3, -0.25) is 4.79 Å². The standard InChI is InChI=1S/C22H12N2O2/c25-16-10-14-6-3-8-18-21(14)17(11-16)22(26)24-19-9-2-5-13-4-1-7-15(20(13)19)12-23(18)24/h1-12H/p+1. The van der Waals surface area contributed by atoms with Crippen LogP contribution in [-0.4, -0.2) is 9.62 Å². The molecule has 4 aromatic carbocycles. The van der Waals surface area contributed by atoms with Crippen molar-refractivity contribution >= 4 is 43.4 Å². The molecule has 6 rings (SSSR count). The summed E-state index contributed by atoms with van der Waals surface area (Å²) >= 11 is 0. The van der Waals surface area contributed by atoms with E-state index in [1.807, 2.05) is 47.1 Å². The van der Waals surface area contributed by atoms with Crippen molar-refractivity contribution < 1.29 is 9.62 Å². The van der Waals surface area contributed by atoms with Crippen molar-refractivity contribution in [3.05, 3.63) is 83.3 Å². The fourth-order valence-corrected chi connectivity index (χ4v) is 4.19. The number of nitrogens with zero attached hydrogens (tertiary/aromatic N) is 2. The van der Waals surface area contributed by atoms with Crippen LogP contribution in [0.15, 0.2) is 77.7 Å². The number of phenols is 1. The highest BCUT2D eigenvalue weighted by atomic mass is 16.3. The number of aromatic nitrogens is 2. The Balaban J connectivity index is 2.07. The quantitative estimate of drug-likeness (QED) is 0.261. The second-order valence-electron chi connectivity index (χ2n) is 6.68. The normalized spacial score (nSPS) is 12.2. The summed E-state index contributed by atoms with van der Waals surface area (Å²) in [5.41, 5.74) is 1.66. The molecule has 0 fully saturated rings. The maximum absolute atomic E-state index is 13.4. The van der Waals surface area contributed by atoms with Gasteiger partial charge in [0, 0.05) is 11.5 Å². The second-order valence-corrected chi connectivity index (χ2v) is 6.68. The SMILES string of the molecule is O=c1c2cc(O)cc3cccc(c32)[n+]2cc3cccc4cccc(c43)n12. The Morgan fingerprint density at radius 1 is 0.808 bits per heavy atom. The van der Waals surface area contributed by atoms with Crippen molar-refractivity contribution in [1.29, 1.82) is 0 Å². The van der Waals surface area contributed by atoms with Crippen LogP contribution in [0.2, 0.25) is 0 Å². The molecule has 0 atom stereocenters. The molecule has 26 heavy (non-hydrogen) atoms. The fraction of sp³-hybridized carbons (Fsp3) is 0. The summed E-state index contributed by atoms with van der Waals surface area (Å²) in [6, 6.07) is 21.3. The molecule has 6 aromatic rings. The Morgan fingerprint density at radius 3 is 2.42 bits per heavy atom. The molecule has 0 spiro atoms. The van der Waals surface area contributed by atoms with E-state index in [0.717, 1.165) is 38.0 Å². The zero-order valence-electron chi connectivity index (χ0n) is 13.7. The number of hydrogen-bond donors (Lipinski definition) is 1. The lowest BCUT2D eigenvalue weighted by atomic mass is 10.0. The van der Waals surface area contributed by atoms with E-state index in [2.05, 4.69) is 18.2 Å². The fourth-order valence-electron chi connectivity index (χ4n) is 4.19. The zero-order chi connectivity index (χ0) is 17.4. The van der Waals surface area contributed by atoms with Gasteiger partial charge in [0.15, 0.2) is 0 Å². The molecule has 0 saturated carbocycles. The van der Waals surface area contributed by atoms with Crippen molar-refractivity contribution in [3.63, 3.8) is 0 Å². The van der Waals surface area contributed by atoms with Crippen molar-refractivity contribution in [1.82, 2.24) is 4.52 Å². The minimum Gasteiger partial charge on any atom is -0.508 e. The van der Waals surface area contributed by atoms with Gasteiger partial charge in [0.2, 0.25) is 11.7 Å². The Bertz CT molecular complexity index is 1560. The van der Waals surface area contributed by atoms with Gasteiger partial charge in [-0.15, -0.1) is 0 Å². The molecule has 0 aliphatic carbocycles. The predicted molar refractivity (Wildman–Crippen MR) is 102 cm³/mol. The van der Waals surface area contributed by atoms with Crippen LogP contribution in [-0.2, 0) is 0 Å². The van der Waals surface area contributed by atoms with Gasteiger partial charge >= 0.3 is 5.56 Å². The molecule has 1 N–H and O–H groups in total. The van der Waals surface area contributed by atoms with Gasteiger partial charge in [-0.1, -0.05) is 45.4 Å². The molecule has 0 amide bonds. The molecule has 2 heterocycles. The highest BCUT2D eigenvalue weighted by molar-refractivity contribution is 6.10. The van der Waals surface area contributed by atoms with E-state index in [1.54, 1.807) is 16.6 Å². The lowest BCUT2D eigenvalue weighted by Gasteiger charge is -2.09. The average Bonchev–Trinajstić information content (AvgIpc) is 2.66. The Labute approximate surface area is 147 Å². The first-order chi connectivity index (χ1) is 12.7. The third-order valence-electron chi connectivity index (χ3n) is 5.23. The van der Waals surface area contributed by atoms with Gasteiger partial charge in [-0.2, -0.15) is 0 Å². The minimum atomic E-state index is -0.136. The molecular weight excluding hydrogens is 324 g/mol. The third-order valence-corrected chi connectivity index (χ3v) is 5.23. The van der Waals surface area contributed by atoms with Crippen molar-refractivity contribution in [2.45, 2.75) is 0 Å². The third kappa shape index (κ3) is 1.54. The maximum atomic E-state index is 13.4. The molecule has 0 unspecified atom stereocenters. The largest absolute Gasteiger partial charge is 0.508 e. The lowest BCUT2D eigenvalue weighted by Crippen LogP contribution is -2.40. The van der Waals surface area contributed by atoms with Crippen LogP contribution in [0.3, 0.4) is 0 Å². The van der Waals surface area contributed by atoms with Crippen LogP contribution < -0.4 is 10.1 Å². The van der Waals surface area contributed by atoms with E-state index in [9.17, 15) is 9.90 Å². The molecular formula is C22H13N2O2+. The van der Waals surface area contributed by atoms with Crippen LogP contribution in [0.4, 0.5) is 0 Å². The van der Waals surface area contributed by atoms with Crippen molar-refractivity contribution in [2.24, 2.45) is 0 Å². The summed E-state index contributed by atoms with van der Waals surface area (Å²) < 4.78 is 3.62. The highest BCUT2D eigenvalue weighted by Crippen LogP contribution is 2.29. The molecule has 4 nitrogen and oxygen atoms in total. The van der Waals surface area contributed by atoms with Gasteiger partial charge < -0.3 is 5.11 Å². The number of fused-ring (bicyclic) bond motifs is 3. The molecule has 0 bridgehead atoms. The van der Waals surface area contributed by atoms with E-state index >= 15 is 0 Å². The summed E-state index contributed by atoms with van der Waals surface area (Å²) in [4.78, 5) is 13.4. The van der Waals surface area contributed by atoms with E-state index in [1.165, 1.54) is 0 Å². The van der Waals surface area contributed by atoms with E-state index in [4.69, 9.17) is 0 Å². The summed E-state index contributed by atoms with van der Waals surface area (Å²) in [6.07, 6.45) is 2.01. The average molecular weight is 337 g/mol. The molecule has 4 heteroatoms. The Morgan fingerprint density at radius 2 is 1.54 bits per heavy atom.